The first-order chi connectivity index (χ1) is 28.0. The van der Waals surface area contributed by atoms with Gasteiger partial charge in [0, 0.05) is 35.6 Å². The Bertz CT molecular complexity index is 1790. The SMILES string of the molecule is CCC(C)C=O.CCCC(C)(C)CC(CC)N=C(/C=C(\C)c1ccc(C)nc1)C(F)F.CCC[C@@H]1CC1c1ccc(Cl)nc1C.[B]C([B])([B])n1cc(CC(C)C(C)=O)cn1. The number of Topliss-reactive ketones (excluding diaryl/α,β-unsaturated/α-hetero) is 1. The van der Waals surface area contributed by atoms with Crippen molar-refractivity contribution in [3.05, 3.63) is 82.2 Å². The first kappa shape index (κ1) is 54.6. The summed E-state index contributed by atoms with van der Waals surface area (Å²) in [6.07, 6.45) is 14.2. The molecule has 1 aliphatic rings. The first-order valence-corrected chi connectivity index (χ1v) is 21.9. The Labute approximate surface area is 370 Å². The molecule has 0 bridgehead atoms. The molecule has 3 heterocycles. The van der Waals surface area contributed by atoms with Gasteiger partial charge in [0.05, 0.1) is 35.8 Å². The van der Waals surface area contributed by atoms with Crippen LogP contribution in [0.3, 0.4) is 0 Å². The molecule has 4 rings (SSSR count). The van der Waals surface area contributed by atoms with Gasteiger partial charge in [-0.3, -0.25) is 19.5 Å². The number of ketones is 1. The quantitative estimate of drug-likeness (QED) is 0.0551. The van der Waals surface area contributed by atoms with Crippen molar-refractivity contribution in [3.63, 3.8) is 0 Å². The van der Waals surface area contributed by atoms with Gasteiger partial charge >= 0.3 is 0 Å². The van der Waals surface area contributed by atoms with E-state index in [2.05, 4.69) is 60.7 Å². The molecule has 0 amide bonds. The van der Waals surface area contributed by atoms with Crippen molar-refractivity contribution in [1.29, 1.82) is 0 Å². The number of hydrogen-bond acceptors (Lipinski definition) is 6. The van der Waals surface area contributed by atoms with E-state index in [0.29, 0.717) is 11.6 Å². The fourth-order valence-electron chi connectivity index (χ4n) is 6.59. The predicted molar refractivity (Wildman–Crippen MR) is 250 cm³/mol. The van der Waals surface area contributed by atoms with Crippen LogP contribution in [0.15, 0.2) is 53.9 Å². The third-order valence-electron chi connectivity index (χ3n) is 10.7. The highest BCUT2D eigenvalue weighted by Crippen LogP contribution is 2.50. The lowest BCUT2D eigenvalue weighted by Gasteiger charge is -2.27. The topological polar surface area (TPSA) is 90.1 Å². The fraction of sp³-hybridized carbons (Fsp3) is 0.617. The molecule has 0 spiro atoms. The lowest BCUT2D eigenvalue weighted by Crippen LogP contribution is -2.35. The van der Waals surface area contributed by atoms with Crippen molar-refractivity contribution in [2.45, 2.75) is 164 Å². The smallest absolute Gasteiger partial charge is 0.279 e. The molecule has 60 heavy (non-hydrogen) atoms. The Kier molecular flexibility index (Phi) is 24.4. The number of allylic oxidation sites excluding steroid dienone is 2. The monoisotopic (exact) mass is 842 g/mol. The highest BCUT2D eigenvalue weighted by atomic mass is 35.5. The van der Waals surface area contributed by atoms with Crippen molar-refractivity contribution < 1.29 is 18.4 Å². The number of rotatable bonds is 18. The number of carbonyl (C=O) groups is 2. The minimum absolute atomic E-state index is 0.0367. The van der Waals surface area contributed by atoms with Crippen LogP contribution < -0.4 is 0 Å². The van der Waals surface area contributed by atoms with Crippen LogP contribution in [0.2, 0.25) is 5.15 Å². The van der Waals surface area contributed by atoms with Crippen LogP contribution in [-0.4, -0.2) is 73.5 Å². The molecule has 3 aromatic rings. The first-order valence-electron chi connectivity index (χ1n) is 21.5. The molecule has 0 N–H and O–H groups in total. The zero-order valence-corrected chi connectivity index (χ0v) is 39.2. The van der Waals surface area contributed by atoms with Crippen molar-refractivity contribution >= 4 is 58.5 Å². The van der Waals surface area contributed by atoms with E-state index in [-0.39, 0.29) is 34.8 Å². The van der Waals surface area contributed by atoms with Gasteiger partial charge in [-0.1, -0.05) is 98.4 Å². The minimum Gasteiger partial charge on any atom is -0.303 e. The Balaban J connectivity index is 0.000000440. The van der Waals surface area contributed by atoms with Crippen molar-refractivity contribution in [1.82, 2.24) is 19.7 Å². The Morgan fingerprint density at radius 3 is 2.13 bits per heavy atom. The van der Waals surface area contributed by atoms with E-state index in [1.165, 1.54) is 35.6 Å². The van der Waals surface area contributed by atoms with Gasteiger partial charge in [0.15, 0.2) is 0 Å². The molecular formula is C47H69B3ClF2N5O2. The lowest BCUT2D eigenvalue weighted by atomic mass is 9.49. The number of carbonyl (C=O) groups excluding carboxylic acids is 2. The van der Waals surface area contributed by atoms with E-state index in [4.69, 9.17) is 35.1 Å². The van der Waals surface area contributed by atoms with Gasteiger partial charge in [-0.2, -0.15) is 5.10 Å². The van der Waals surface area contributed by atoms with Crippen LogP contribution in [-0.2, 0) is 21.2 Å². The standard InChI is InChI=1S/C21H32F2N2.C12H16ClN.C9H11B3N2O.C5H10O/c1-7-11-21(5,6)13-18(8-2)25-19(20(22)23)12-15(3)17-10-9-16(4)24-14-17;1-3-4-9-7-11(9)10-5-6-12(13)14-8(10)2;1-6(7(2)15)3-8-4-13-14(5-8)9(10,11)12;1-3-5(2)4-6/h9-10,12,14,18,20H,7-8,11,13H2,1-6H3;5-6,9,11H,3-4,7H2,1-2H3;4-6H,3H2,1-2H3;4-5H,3H2,1-2H3/b15-12+,25-19?;;;/t;9-,11?;;/m.1../s1. The normalized spacial score (nSPS) is 16.9. The average molecular weight is 842 g/mol. The molecule has 6 radical (unpaired) electrons. The number of hydrogen-bond donors (Lipinski definition) is 0. The molecule has 5 atom stereocenters. The van der Waals surface area contributed by atoms with Gasteiger partial charge in [0.25, 0.3) is 6.43 Å². The number of nitrogens with zero attached hydrogens (tertiary/aromatic N) is 5. The number of halogens is 3. The van der Waals surface area contributed by atoms with Gasteiger partial charge in [-0.25, -0.2) is 13.8 Å². The van der Waals surface area contributed by atoms with Gasteiger partial charge in [0.1, 0.15) is 22.9 Å². The zero-order chi connectivity index (χ0) is 45.8. The minimum atomic E-state index is -2.57. The molecule has 1 aliphatic carbocycles. The molecule has 3 aromatic heterocycles. The van der Waals surface area contributed by atoms with Crippen LogP contribution in [0, 0.1) is 37.0 Å². The molecule has 13 heteroatoms. The molecule has 4 unspecified atom stereocenters. The van der Waals surface area contributed by atoms with E-state index in [1.54, 1.807) is 25.5 Å². The largest absolute Gasteiger partial charge is 0.303 e. The third-order valence-corrected chi connectivity index (χ3v) is 10.9. The zero-order valence-electron chi connectivity index (χ0n) is 38.4. The summed E-state index contributed by atoms with van der Waals surface area (Å²) in [5, 5.41) is 3.05. The molecule has 324 valence electrons. The van der Waals surface area contributed by atoms with E-state index >= 15 is 0 Å². The number of aryl methyl sites for hydroxylation is 2. The Morgan fingerprint density at radius 1 is 1.02 bits per heavy atom. The highest BCUT2D eigenvalue weighted by molar-refractivity contribution is 6.56. The summed E-state index contributed by atoms with van der Waals surface area (Å²) in [6.45, 7) is 23.9. The molecule has 7 nitrogen and oxygen atoms in total. The number of aliphatic imine (C=N–C) groups is 1. The van der Waals surface area contributed by atoms with E-state index < -0.39 is 11.7 Å². The second kappa shape index (κ2) is 26.8. The summed E-state index contributed by atoms with van der Waals surface area (Å²) >= 11 is 5.83. The summed E-state index contributed by atoms with van der Waals surface area (Å²) in [5.74, 6) is 2.03. The summed E-state index contributed by atoms with van der Waals surface area (Å²) in [4.78, 5) is 33.7. The summed E-state index contributed by atoms with van der Waals surface area (Å²) < 4.78 is 28.3. The number of aldehydes is 1. The number of aromatic nitrogens is 4. The van der Waals surface area contributed by atoms with Gasteiger partial charge in [-0.05, 0) is 129 Å². The number of alkyl halides is 2. The maximum atomic E-state index is 13.5. The average Bonchev–Trinajstić information content (AvgIpc) is 3.76. The highest BCUT2D eigenvalue weighted by Gasteiger charge is 2.38. The molecule has 0 aliphatic heterocycles. The predicted octanol–water partition coefficient (Wildman–Crippen LogP) is 11.4. The van der Waals surface area contributed by atoms with Crippen molar-refractivity contribution in [2.75, 3.05) is 0 Å². The molecule has 1 fully saturated rings. The van der Waals surface area contributed by atoms with E-state index in [1.807, 2.05) is 59.7 Å². The second-order valence-corrected chi connectivity index (χ2v) is 17.6. The van der Waals surface area contributed by atoms with Crippen LogP contribution in [0.4, 0.5) is 8.78 Å². The van der Waals surface area contributed by atoms with Crippen LogP contribution in [0.25, 0.3) is 5.57 Å². The van der Waals surface area contributed by atoms with Gasteiger partial charge < -0.3 is 4.79 Å². The number of pyridine rings is 2. The molecule has 0 aromatic carbocycles. The molecule has 0 saturated heterocycles. The third kappa shape index (κ3) is 20.9. The fourth-order valence-corrected chi connectivity index (χ4v) is 6.78. The molecular weight excluding hydrogens is 772 g/mol. The maximum absolute atomic E-state index is 13.5. The van der Waals surface area contributed by atoms with Gasteiger partial charge in [0.2, 0.25) is 0 Å². The van der Waals surface area contributed by atoms with Crippen LogP contribution >= 0.6 is 11.6 Å². The van der Waals surface area contributed by atoms with Crippen LogP contribution in [0.5, 0.6) is 0 Å². The summed E-state index contributed by atoms with van der Waals surface area (Å²) in [7, 11) is 16.3. The van der Waals surface area contributed by atoms with Gasteiger partial charge in [-0.15, -0.1) is 0 Å². The Hall–Kier alpha value is -3.40. The maximum Gasteiger partial charge on any atom is 0.279 e. The van der Waals surface area contributed by atoms with E-state index in [0.717, 1.165) is 78.3 Å². The molecule has 1 saturated carbocycles. The summed E-state index contributed by atoms with van der Waals surface area (Å²) in [6, 6.07) is 7.76. The van der Waals surface area contributed by atoms with E-state index in [9.17, 15) is 18.4 Å². The van der Waals surface area contributed by atoms with Crippen molar-refractivity contribution in [3.8, 4) is 0 Å². The Morgan fingerprint density at radius 2 is 1.68 bits per heavy atom. The van der Waals surface area contributed by atoms with Crippen molar-refractivity contribution in [2.24, 2.45) is 28.2 Å². The summed E-state index contributed by atoms with van der Waals surface area (Å²) in [5.41, 5.74) is 5.91. The lowest BCUT2D eigenvalue weighted by molar-refractivity contribution is -0.120. The van der Waals surface area contributed by atoms with Crippen LogP contribution in [0.1, 0.15) is 155 Å². The second-order valence-electron chi connectivity index (χ2n) is 17.2.